The number of nitrogens with two attached hydrogens (primary N) is 2. The van der Waals surface area contributed by atoms with E-state index < -0.39 is 0 Å². The van der Waals surface area contributed by atoms with Gasteiger partial charge in [-0.15, -0.1) is 0 Å². The number of halogens is 3. The summed E-state index contributed by atoms with van der Waals surface area (Å²) in [5, 5.41) is 12.8. The van der Waals surface area contributed by atoms with Crippen molar-refractivity contribution >= 4 is 101 Å². The second kappa shape index (κ2) is 13.4. The fraction of sp³-hybridized carbons (Fsp3) is 0.444. The number of hydrogen-bond acceptors (Lipinski definition) is 8. The van der Waals surface area contributed by atoms with E-state index in [2.05, 4.69) is 117 Å². The van der Waals surface area contributed by atoms with Gasteiger partial charge in [0, 0.05) is 6.54 Å². The van der Waals surface area contributed by atoms with Crippen molar-refractivity contribution in [3.63, 3.8) is 0 Å². The number of nitrogens with zero attached hydrogens (tertiary/aromatic N) is 7. The molecule has 0 amide bonds. The lowest BCUT2D eigenvalue weighted by Crippen LogP contribution is -2.01. The Bertz CT molecular complexity index is 1090. The number of nitrogen functional groups attached to an aromatic ring is 2. The van der Waals surface area contributed by atoms with Crippen molar-refractivity contribution < 1.29 is 0 Å². The molecule has 13 heteroatoms. The van der Waals surface area contributed by atoms with E-state index in [1.165, 1.54) is 29.9 Å². The highest BCUT2D eigenvalue weighted by atomic mass is 127. The number of alkyl halides is 1. The van der Waals surface area contributed by atoms with Crippen molar-refractivity contribution in [2.24, 2.45) is 0 Å². The highest BCUT2D eigenvalue weighted by Crippen LogP contribution is 2.22. The van der Waals surface area contributed by atoms with E-state index >= 15 is 0 Å². The summed E-state index contributed by atoms with van der Waals surface area (Å²) in [6.07, 6.45) is 7.82. The third kappa shape index (κ3) is 7.19. The second-order valence-electron chi connectivity index (χ2n) is 6.36. The van der Waals surface area contributed by atoms with Gasteiger partial charge in [0.05, 0.1) is 10.8 Å². The molecule has 0 bridgehead atoms. The van der Waals surface area contributed by atoms with Crippen LogP contribution in [0.25, 0.3) is 22.1 Å². The van der Waals surface area contributed by atoms with Crippen LogP contribution in [0.1, 0.15) is 39.5 Å². The molecule has 4 aromatic rings. The summed E-state index contributed by atoms with van der Waals surface area (Å²) < 4.78 is 4.96. The van der Waals surface area contributed by atoms with Crippen molar-refractivity contribution in [2.45, 2.75) is 46.1 Å². The molecule has 0 aromatic carbocycles. The summed E-state index contributed by atoms with van der Waals surface area (Å²) in [7, 11) is 0. The summed E-state index contributed by atoms with van der Waals surface area (Å²) in [4.78, 5) is 16.0. The zero-order chi connectivity index (χ0) is 22.8. The SMILES string of the molecule is CCCCI.CCCCn1nc(I)c2c(N)ncnc21.Nc1ncnc2n[nH]c(I)c12. The van der Waals surface area contributed by atoms with Crippen LogP contribution < -0.4 is 11.5 Å². The number of aryl methyl sites for hydroxylation is 1. The molecule has 0 aliphatic carbocycles. The molecule has 4 rings (SSSR count). The van der Waals surface area contributed by atoms with E-state index in [4.69, 9.17) is 11.5 Å². The van der Waals surface area contributed by atoms with Crippen LogP contribution in [0.15, 0.2) is 12.7 Å². The highest BCUT2D eigenvalue weighted by Gasteiger charge is 2.12. The first-order valence-electron chi connectivity index (χ1n) is 9.72. The van der Waals surface area contributed by atoms with Crippen LogP contribution in [0.2, 0.25) is 0 Å². The third-order valence-electron chi connectivity index (χ3n) is 4.06. The Morgan fingerprint density at radius 1 is 0.935 bits per heavy atom. The van der Waals surface area contributed by atoms with Gasteiger partial charge in [0.25, 0.3) is 0 Å². The van der Waals surface area contributed by atoms with Gasteiger partial charge in [-0.3, -0.25) is 5.10 Å². The molecule has 0 aliphatic heterocycles. The maximum absolute atomic E-state index is 5.79. The summed E-state index contributed by atoms with van der Waals surface area (Å²) in [5.41, 5.74) is 12.8. The van der Waals surface area contributed by atoms with Crippen molar-refractivity contribution in [1.82, 2.24) is 39.9 Å². The monoisotopic (exact) mass is 762 g/mol. The van der Waals surface area contributed by atoms with Crippen LogP contribution in [0.5, 0.6) is 0 Å². The lowest BCUT2D eigenvalue weighted by molar-refractivity contribution is 0.581. The standard InChI is InChI=1S/C9H12IN5.C5H4IN5.C4H9I/c1-2-3-4-15-9-6(7(10)14-15)8(11)12-5-13-9;6-3-2-4(7)8-1-9-5(2)11-10-3;1-2-3-4-5/h5H,2-4H2,1H3,(H2,11,12,13);1H,(H3,7,8,9,10,11);2-4H2,1H3. The van der Waals surface area contributed by atoms with Gasteiger partial charge in [-0.2, -0.15) is 10.2 Å². The molecule has 168 valence electrons. The van der Waals surface area contributed by atoms with Crippen LogP contribution >= 0.6 is 67.8 Å². The first-order chi connectivity index (χ1) is 14.9. The smallest absolute Gasteiger partial charge is 0.187 e. The minimum atomic E-state index is 0.466. The first-order valence-corrected chi connectivity index (χ1v) is 13.4. The van der Waals surface area contributed by atoms with Gasteiger partial charge in [-0.25, -0.2) is 24.6 Å². The zero-order valence-electron chi connectivity index (χ0n) is 17.3. The highest BCUT2D eigenvalue weighted by molar-refractivity contribution is 14.1. The maximum Gasteiger partial charge on any atom is 0.187 e. The Hall–Kier alpha value is -1.11. The fourth-order valence-electron chi connectivity index (χ4n) is 2.43. The van der Waals surface area contributed by atoms with Crippen molar-refractivity contribution in [3.8, 4) is 0 Å². The molecule has 0 saturated heterocycles. The van der Waals surface area contributed by atoms with E-state index in [-0.39, 0.29) is 0 Å². The Kier molecular flexibility index (Phi) is 11.3. The summed E-state index contributed by atoms with van der Waals surface area (Å²) in [5.74, 6) is 0.972. The molecule has 31 heavy (non-hydrogen) atoms. The number of rotatable bonds is 5. The number of unbranched alkanes of at least 4 members (excludes halogenated alkanes) is 2. The average Bonchev–Trinajstić information content (AvgIpc) is 3.29. The minimum Gasteiger partial charge on any atom is -0.383 e. The molecule has 0 radical (unpaired) electrons. The second-order valence-corrected chi connectivity index (χ2v) is 9.54. The molecule has 0 aliphatic rings. The molecule has 5 N–H and O–H groups in total. The van der Waals surface area contributed by atoms with Gasteiger partial charge >= 0.3 is 0 Å². The Morgan fingerprint density at radius 3 is 2.16 bits per heavy atom. The average molecular weight is 762 g/mol. The lowest BCUT2D eigenvalue weighted by atomic mass is 10.3. The predicted octanol–water partition coefficient (Wildman–Crippen LogP) is 4.57. The van der Waals surface area contributed by atoms with Crippen LogP contribution in [0, 0.1) is 7.40 Å². The van der Waals surface area contributed by atoms with E-state index in [0.29, 0.717) is 17.3 Å². The molecule has 0 saturated carbocycles. The number of fused-ring (bicyclic) bond motifs is 2. The quantitative estimate of drug-likeness (QED) is 0.198. The molecule has 4 heterocycles. The molecule has 10 nitrogen and oxygen atoms in total. The maximum atomic E-state index is 5.79. The van der Waals surface area contributed by atoms with Gasteiger partial charge in [0.2, 0.25) is 0 Å². The number of H-pyrrole nitrogens is 1. The molecular weight excluding hydrogens is 737 g/mol. The van der Waals surface area contributed by atoms with E-state index in [1.54, 1.807) is 0 Å². The topological polar surface area (TPSA) is 150 Å². The number of aromatic amines is 1. The van der Waals surface area contributed by atoms with E-state index in [0.717, 1.165) is 43.2 Å². The van der Waals surface area contributed by atoms with Crippen LogP contribution in [0.4, 0.5) is 11.6 Å². The van der Waals surface area contributed by atoms with Gasteiger partial charge in [-0.1, -0.05) is 49.3 Å². The van der Waals surface area contributed by atoms with Crippen molar-refractivity contribution in [2.75, 3.05) is 15.9 Å². The lowest BCUT2D eigenvalue weighted by Gasteiger charge is -2.00. The summed E-state index contributed by atoms with van der Waals surface area (Å²) in [6, 6.07) is 0. The van der Waals surface area contributed by atoms with Gasteiger partial charge < -0.3 is 11.5 Å². The van der Waals surface area contributed by atoms with E-state index in [1.807, 2.05) is 4.68 Å². The third-order valence-corrected chi connectivity index (χ3v) is 6.36. The minimum absolute atomic E-state index is 0.466. The first kappa shape index (κ1) is 26.1. The molecular formula is C18H25I3N10. The van der Waals surface area contributed by atoms with Gasteiger partial charge in [-0.05, 0) is 62.5 Å². The molecule has 0 unspecified atom stereocenters. The number of nitrogens with one attached hydrogen (secondary N) is 1. The van der Waals surface area contributed by atoms with Gasteiger partial charge in [0.1, 0.15) is 31.7 Å². The normalized spacial score (nSPS) is 10.5. The van der Waals surface area contributed by atoms with Crippen LogP contribution in [-0.2, 0) is 6.54 Å². The largest absolute Gasteiger partial charge is 0.383 e. The Labute approximate surface area is 221 Å². The van der Waals surface area contributed by atoms with Crippen LogP contribution in [0.3, 0.4) is 0 Å². The van der Waals surface area contributed by atoms with Crippen molar-refractivity contribution in [1.29, 1.82) is 0 Å². The Balaban J connectivity index is 0.000000187. The number of aromatic nitrogens is 8. The number of hydrogen-bond donors (Lipinski definition) is 3. The van der Waals surface area contributed by atoms with Crippen LogP contribution in [-0.4, -0.2) is 44.3 Å². The summed E-state index contributed by atoms with van der Waals surface area (Å²) >= 11 is 6.65. The zero-order valence-corrected chi connectivity index (χ0v) is 23.8. The van der Waals surface area contributed by atoms with E-state index in [9.17, 15) is 0 Å². The molecule has 0 atom stereocenters. The fourth-order valence-corrected chi connectivity index (χ4v) is 4.61. The van der Waals surface area contributed by atoms with Gasteiger partial charge in [0.15, 0.2) is 11.3 Å². The van der Waals surface area contributed by atoms with Crippen molar-refractivity contribution in [3.05, 3.63) is 20.1 Å². The molecule has 0 spiro atoms. The molecule has 4 aromatic heterocycles. The predicted molar refractivity (Wildman–Crippen MR) is 150 cm³/mol. The molecule has 0 fully saturated rings. The Morgan fingerprint density at radius 2 is 1.58 bits per heavy atom. The number of anilines is 2. The summed E-state index contributed by atoms with van der Waals surface area (Å²) in [6.45, 7) is 5.24.